The Morgan fingerprint density at radius 3 is 2.72 bits per heavy atom. The second-order valence-electron chi connectivity index (χ2n) is 6.47. The zero-order chi connectivity index (χ0) is 22.9. The number of nitrogens with zero attached hydrogens (tertiary/aromatic N) is 3. The molecule has 3 aromatic rings. The first-order valence-electron chi connectivity index (χ1n) is 9.38. The summed E-state index contributed by atoms with van der Waals surface area (Å²) in [5.74, 6) is 0.361. The van der Waals surface area contributed by atoms with E-state index in [2.05, 4.69) is 16.6 Å². The molecule has 0 fully saturated rings. The standard InChI is InChI=1S/C23H18N4O5/c1-31-22-11-16(9-10-21(22)32-15-19-6-3-2-5-18(19)13-24)14-25-26-23(28)17-7-4-8-20(12-17)27(29)30/h2-12,14H,15H2,1H3,(H,26,28)/b25-14-. The summed E-state index contributed by atoms with van der Waals surface area (Å²) >= 11 is 0. The Morgan fingerprint density at radius 2 is 1.97 bits per heavy atom. The molecule has 0 saturated carbocycles. The van der Waals surface area contributed by atoms with Gasteiger partial charge in [0.15, 0.2) is 11.5 Å². The van der Waals surface area contributed by atoms with E-state index >= 15 is 0 Å². The van der Waals surface area contributed by atoms with E-state index in [0.29, 0.717) is 22.6 Å². The Hall–Kier alpha value is -4.71. The number of hydrazone groups is 1. The summed E-state index contributed by atoms with van der Waals surface area (Å²) in [5, 5.41) is 23.9. The summed E-state index contributed by atoms with van der Waals surface area (Å²) in [6, 6.07) is 19.7. The third-order valence-electron chi connectivity index (χ3n) is 4.41. The van der Waals surface area contributed by atoms with Crippen molar-refractivity contribution in [2.45, 2.75) is 6.61 Å². The Balaban J connectivity index is 1.66. The average Bonchev–Trinajstić information content (AvgIpc) is 2.83. The third-order valence-corrected chi connectivity index (χ3v) is 4.41. The number of nitro groups is 1. The molecule has 9 heteroatoms. The highest BCUT2D eigenvalue weighted by molar-refractivity contribution is 5.95. The van der Waals surface area contributed by atoms with Gasteiger partial charge in [0.05, 0.1) is 29.9 Å². The number of carbonyl (C=O) groups is 1. The zero-order valence-corrected chi connectivity index (χ0v) is 17.0. The van der Waals surface area contributed by atoms with Gasteiger partial charge in [-0.3, -0.25) is 14.9 Å². The molecule has 0 atom stereocenters. The number of nitriles is 1. The lowest BCUT2D eigenvalue weighted by atomic mass is 10.1. The van der Waals surface area contributed by atoms with Crippen molar-refractivity contribution in [3.8, 4) is 17.6 Å². The van der Waals surface area contributed by atoms with Crippen LogP contribution in [0.15, 0.2) is 71.8 Å². The number of non-ortho nitro benzene ring substituents is 1. The van der Waals surface area contributed by atoms with E-state index in [1.54, 1.807) is 30.3 Å². The van der Waals surface area contributed by atoms with Crippen molar-refractivity contribution in [2.24, 2.45) is 5.10 Å². The molecular formula is C23H18N4O5. The predicted molar refractivity (Wildman–Crippen MR) is 117 cm³/mol. The molecular weight excluding hydrogens is 412 g/mol. The first-order chi connectivity index (χ1) is 15.5. The molecule has 0 aliphatic carbocycles. The van der Waals surface area contributed by atoms with Crippen molar-refractivity contribution in [1.29, 1.82) is 5.26 Å². The van der Waals surface area contributed by atoms with Gasteiger partial charge in [0.25, 0.3) is 11.6 Å². The second-order valence-corrected chi connectivity index (χ2v) is 6.47. The quantitative estimate of drug-likeness (QED) is 0.329. The maximum Gasteiger partial charge on any atom is 0.271 e. The van der Waals surface area contributed by atoms with Crippen LogP contribution in [0.1, 0.15) is 27.0 Å². The van der Waals surface area contributed by atoms with E-state index in [-0.39, 0.29) is 17.9 Å². The Kier molecular flexibility index (Phi) is 7.12. The topological polar surface area (TPSA) is 127 Å². The van der Waals surface area contributed by atoms with Gasteiger partial charge in [-0.15, -0.1) is 0 Å². The molecule has 32 heavy (non-hydrogen) atoms. The Bertz CT molecular complexity index is 1220. The van der Waals surface area contributed by atoms with Crippen molar-refractivity contribution >= 4 is 17.8 Å². The molecule has 0 radical (unpaired) electrons. The molecule has 0 spiro atoms. The summed E-state index contributed by atoms with van der Waals surface area (Å²) in [5.41, 5.74) is 4.19. The number of methoxy groups -OCH3 is 1. The highest BCUT2D eigenvalue weighted by Gasteiger charge is 2.11. The lowest BCUT2D eigenvalue weighted by Gasteiger charge is -2.12. The van der Waals surface area contributed by atoms with Crippen LogP contribution in [0.5, 0.6) is 11.5 Å². The van der Waals surface area contributed by atoms with Gasteiger partial charge in [-0.05, 0) is 35.9 Å². The molecule has 160 valence electrons. The van der Waals surface area contributed by atoms with Crippen LogP contribution in [0, 0.1) is 21.4 Å². The summed E-state index contributed by atoms with van der Waals surface area (Å²) in [7, 11) is 1.50. The fourth-order valence-corrected chi connectivity index (χ4v) is 2.79. The fraction of sp³-hybridized carbons (Fsp3) is 0.0870. The molecule has 3 rings (SSSR count). The van der Waals surface area contributed by atoms with Gasteiger partial charge >= 0.3 is 0 Å². The van der Waals surface area contributed by atoms with Gasteiger partial charge in [0, 0.05) is 23.3 Å². The number of carbonyl (C=O) groups excluding carboxylic acids is 1. The Labute approximate surface area is 183 Å². The van der Waals surface area contributed by atoms with Crippen LogP contribution in [0.2, 0.25) is 0 Å². The molecule has 0 aliphatic rings. The highest BCUT2D eigenvalue weighted by Crippen LogP contribution is 2.28. The summed E-state index contributed by atoms with van der Waals surface area (Å²) < 4.78 is 11.2. The van der Waals surface area contributed by atoms with E-state index < -0.39 is 10.8 Å². The number of amides is 1. The summed E-state index contributed by atoms with van der Waals surface area (Å²) in [6.07, 6.45) is 1.41. The first kappa shape index (κ1) is 22.0. The van der Waals surface area contributed by atoms with Gasteiger partial charge in [-0.25, -0.2) is 5.43 Å². The maximum atomic E-state index is 12.1. The SMILES string of the molecule is COc1cc(/C=N\NC(=O)c2cccc([N+](=O)[O-])c2)ccc1OCc1ccccc1C#N. The molecule has 1 N–H and O–H groups in total. The number of ether oxygens (including phenoxy) is 2. The minimum absolute atomic E-state index is 0.121. The molecule has 1 amide bonds. The number of rotatable bonds is 8. The van der Waals surface area contributed by atoms with Crippen LogP contribution in [0.4, 0.5) is 5.69 Å². The molecule has 0 aromatic heterocycles. The van der Waals surface area contributed by atoms with Crippen LogP contribution in [-0.4, -0.2) is 24.2 Å². The lowest BCUT2D eigenvalue weighted by Crippen LogP contribution is -2.17. The number of nitrogens with one attached hydrogen (secondary N) is 1. The number of hydrogen-bond donors (Lipinski definition) is 1. The number of hydrogen-bond acceptors (Lipinski definition) is 7. The van der Waals surface area contributed by atoms with Crippen LogP contribution >= 0.6 is 0 Å². The highest BCUT2D eigenvalue weighted by atomic mass is 16.6. The lowest BCUT2D eigenvalue weighted by molar-refractivity contribution is -0.384. The summed E-state index contributed by atoms with van der Waals surface area (Å²) in [6.45, 7) is 0.201. The monoisotopic (exact) mass is 430 g/mol. The summed E-state index contributed by atoms with van der Waals surface area (Å²) in [4.78, 5) is 22.4. The van der Waals surface area contributed by atoms with Crippen molar-refractivity contribution < 1.29 is 19.2 Å². The van der Waals surface area contributed by atoms with Gasteiger partial charge < -0.3 is 9.47 Å². The molecule has 0 aliphatic heterocycles. The van der Waals surface area contributed by atoms with Crippen LogP contribution in [0.3, 0.4) is 0 Å². The van der Waals surface area contributed by atoms with E-state index in [9.17, 15) is 20.2 Å². The number of nitro benzene ring substituents is 1. The van der Waals surface area contributed by atoms with Gasteiger partial charge in [-0.2, -0.15) is 10.4 Å². The fourth-order valence-electron chi connectivity index (χ4n) is 2.79. The van der Waals surface area contributed by atoms with Crippen molar-refractivity contribution in [2.75, 3.05) is 7.11 Å². The number of benzene rings is 3. The van der Waals surface area contributed by atoms with Crippen molar-refractivity contribution in [1.82, 2.24) is 5.43 Å². The first-order valence-corrected chi connectivity index (χ1v) is 9.38. The van der Waals surface area contributed by atoms with Gasteiger partial charge in [-0.1, -0.05) is 24.3 Å². The maximum absolute atomic E-state index is 12.1. The van der Waals surface area contributed by atoms with Crippen molar-refractivity contribution in [3.63, 3.8) is 0 Å². The average molecular weight is 430 g/mol. The molecule has 0 saturated heterocycles. The third kappa shape index (κ3) is 5.46. The second kappa shape index (κ2) is 10.4. The van der Waals surface area contributed by atoms with E-state index in [1.165, 1.54) is 37.6 Å². The van der Waals surface area contributed by atoms with E-state index in [0.717, 1.165) is 5.56 Å². The molecule has 0 unspecified atom stereocenters. The largest absolute Gasteiger partial charge is 0.493 e. The normalized spacial score (nSPS) is 10.4. The zero-order valence-electron chi connectivity index (χ0n) is 17.0. The van der Waals surface area contributed by atoms with Crippen LogP contribution in [-0.2, 0) is 6.61 Å². The van der Waals surface area contributed by atoms with Gasteiger partial charge in [0.2, 0.25) is 0 Å². The van der Waals surface area contributed by atoms with Gasteiger partial charge in [0.1, 0.15) is 6.61 Å². The van der Waals surface area contributed by atoms with Crippen LogP contribution < -0.4 is 14.9 Å². The predicted octanol–water partition coefficient (Wildman–Crippen LogP) is 3.82. The van der Waals surface area contributed by atoms with Crippen molar-refractivity contribution in [3.05, 3.63) is 99.1 Å². The minimum atomic E-state index is -0.576. The molecule has 3 aromatic carbocycles. The van der Waals surface area contributed by atoms with E-state index in [1.807, 2.05) is 12.1 Å². The molecule has 9 nitrogen and oxygen atoms in total. The van der Waals surface area contributed by atoms with E-state index in [4.69, 9.17) is 9.47 Å². The Morgan fingerprint density at radius 1 is 1.16 bits per heavy atom. The van der Waals surface area contributed by atoms with Crippen LogP contribution in [0.25, 0.3) is 0 Å². The molecule has 0 bridgehead atoms. The minimum Gasteiger partial charge on any atom is -0.493 e. The molecule has 0 heterocycles. The smallest absolute Gasteiger partial charge is 0.271 e.